The molecule has 4 nitrogen and oxygen atoms in total. The first kappa shape index (κ1) is 17.4. The second kappa shape index (κ2) is 8.62. The predicted octanol–water partition coefficient (Wildman–Crippen LogP) is 3.32. The Labute approximate surface area is 126 Å². The van der Waals surface area contributed by atoms with Crippen molar-refractivity contribution >= 4 is 5.84 Å². The Hall–Kier alpha value is -1.62. The van der Waals surface area contributed by atoms with Gasteiger partial charge in [-0.2, -0.15) is 0 Å². The van der Waals surface area contributed by atoms with Gasteiger partial charge in [-0.05, 0) is 50.1 Å². The molecule has 0 radical (unpaired) electrons. The molecule has 1 unspecified atom stereocenters. The van der Waals surface area contributed by atoms with E-state index in [1.807, 2.05) is 0 Å². The van der Waals surface area contributed by atoms with Gasteiger partial charge in [-0.3, -0.25) is 4.90 Å². The second-order valence-electron chi connectivity index (χ2n) is 5.41. The van der Waals surface area contributed by atoms with E-state index in [-0.39, 0.29) is 11.7 Å². The molecule has 0 aliphatic heterocycles. The molecule has 0 aromatic heterocycles. The van der Waals surface area contributed by atoms with E-state index in [1.165, 1.54) is 12.1 Å². The van der Waals surface area contributed by atoms with Crippen LogP contribution in [0.2, 0.25) is 0 Å². The Bertz CT molecular complexity index is 477. The van der Waals surface area contributed by atoms with Gasteiger partial charge in [-0.1, -0.05) is 25.4 Å². The highest BCUT2D eigenvalue weighted by molar-refractivity contribution is 5.97. The van der Waals surface area contributed by atoms with Crippen molar-refractivity contribution in [1.82, 2.24) is 4.90 Å². The molecule has 1 aromatic rings. The lowest BCUT2D eigenvalue weighted by Crippen LogP contribution is -2.33. The third-order valence-electron chi connectivity index (χ3n) is 3.76. The van der Waals surface area contributed by atoms with Gasteiger partial charge >= 0.3 is 0 Å². The third kappa shape index (κ3) is 5.34. The van der Waals surface area contributed by atoms with E-state index in [0.29, 0.717) is 18.2 Å². The van der Waals surface area contributed by atoms with Crippen LogP contribution in [0, 0.1) is 5.82 Å². The molecule has 0 saturated heterocycles. The number of nitrogens with zero attached hydrogens (tertiary/aromatic N) is 2. The van der Waals surface area contributed by atoms with Gasteiger partial charge in [-0.25, -0.2) is 4.39 Å². The van der Waals surface area contributed by atoms with E-state index in [9.17, 15) is 4.39 Å². The summed E-state index contributed by atoms with van der Waals surface area (Å²) in [6.45, 7) is 8.14. The minimum atomic E-state index is -0.367. The SMILES string of the molecule is CCCCN(Cc1cc(F)cc(/C(N)=N/O)c1)C(C)CC. The lowest BCUT2D eigenvalue weighted by Gasteiger charge is -2.28. The van der Waals surface area contributed by atoms with Gasteiger partial charge in [-0.15, -0.1) is 0 Å². The fraction of sp³-hybridized carbons (Fsp3) is 0.562. The van der Waals surface area contributed by atoms with Crippen LogP contribution >= 0.6 is 0 Å². The van der Waals surface area contributed by atoms with Gasteiger partial charge in [0.1, 0.15) is 5.82 Å². The number of benzene rings is 1. The molecule has 118 valence electrons. The first-order valence-electron chi connectivity index (χ1n) is 7.53. The summed E-state index contributed by atoms with van der Waals surface area (Å²) in [5.74, 6) is -0.437. The van der Waals surface area contributed by atoms with Gasteiger partial charge in [0.05, 0.1) is 0 Å². The van der Waals surface area contributed by atoms with Crippen molar-refractivity contribution < 1.29 is 9.60 Å². The van der Waals surface area contributed by atoms with Crippen molar-refractivity contribution in [3.05, 3.63) is 35.1 Å². The highest BCUT2D eigenvalue weighted by Crippen LogP contribution is 2.15. The second-order valence-corrected chi connectivity index (χ2v) is 5.41. The van der Waals surface area contributed by atoms with Crippen molar-refractivity contribution in [1.29, 1.82) is 0 Å². The summed E-state index contributed by atoms with van der Waals surface area (Å²) in [5, 5.41) is 11.7. The smallest absolute Gasteiger partial charge is 0.170 e. The van der Waals surface area contributed by atoms with Crippen LogP contribution in [0.25, 0.3) is 0 Å². The minimum absolute atomic E-state index is 0.0700. The minimum Gasteiger partial charge on any atom is -0.409 e. The molecule has 5 heteroatoms. The Balaban J connectivity index is 2.94. The number of hydrogen-bond acceptors (Lipinski definition) is 3. The number of halogens is 1. The monoisotopic (exact) mass is 295 g/mol. The van der Waals surface area contributed by atoms with Crippen molar-refractivity contribution in [3.63, 3.8) is 0 Å². The average molecular weight is 295 g/mol. The topological polar surface area (TPSA) is 61.8 Å². The van der Waals surface area contributed by atoms with E-state index >= 15 is 0 Å². The molecular weight excluding hydrogens is 269 g/mol. The zero-order valence-corrected chi connectivity index (χ0v) is 13.1. The zero-order chi connectivity index (χ0) is 15.8. The highest BCUT2D eigenvalue weighted by Gasteiger charge is 2.14. The zero-order valence-electron chi connectivity index (χ0n) is 13.1. The van der Waals surface area contributed by atoms with Crippen molar-refractivity contribution in [2.45, 2.75) is 52.6 Å². The number of unbranched alkanes of at least 4 members (excludes halogenated alkanes) is 1. The van der Waals surface area contributed by atoms with Gasteiger partial charge in [0.25, 0.3) is 0 Å². The lowest BCUT2D eigenvalue weighted by atomic mass is 10.1. The van der Waals surface area contributed by atoms with Gasteiger partial charge in [0.2, 0.25) is 0 Å². The maximum Gasteiger partial charge on any atom is 0.170 e. The van der Waals surface area contributed by atoms with Gasteiger partial charge in [0, 0.05) is 18.2 Å². The number of oxime groups is 1. The molecule has 0 bridgehead atoms. The average Bonchev–Trinajstić information content (AvgIpc) is 2.49. The number of nitrogens with two attached hydrogens (primary N) is 1. The molecule has 0 spiro atoms. The van der Waals surface area contributed by atoms with Crippen LogP contribution in [0.4, 0.5) is 4.39 Å². The molecule has 1 atom stereocenters. The predicted molar refractivity (Wildman–Crippen MR) is 84.0 cm³/mol. The maximum atomic E-state index is 13.7. The van der Waals surface area contributed by atoms with Crippen molar-refractivity contribution in [2.24, 2.45) is 10.9 Å². The Morgan fingerprint density at radius 2 is 2.10 bits per heavy atom. The van der Waals surface area contributed by atoms with Crippen LogP contribution in [0.15, 0.2) is 23.4 Å². The van der Waals surface area contributed by atoms with Crippen LogP contribution in [-0.4, -0.2) is 28.5 Å². The summed E-state index contributed by atoms with van der Waals surface area (Å²) in [4.78, 5) is 2.34. The third-order valence-corrected chi connectivity index (χ3v) is 3.76. The Morgan fingerprint density at radius 1 is 1.38 bits per heavy atom. The molecule has 0 aliphatic carbocycles. The van der Waals surface area contributed by atoms with E-state index in [2.05, 4.69) is 30.8 Å². The van der Waals surface area contributed by atoms with Crippen LogP contribution in [0.3, 0.4) is 0 Å². The molecule has 0 amide bonds. The summed E-state index contributed by atoms with van der Waals surface area (Å²) >= 11 is 0. The molecular formula is C16H26FN3O. The fourth-order valence-electron chi connectivity index (χ4n) is 2.26. The molecule has 1 aromatic carbocycles. The summed E-state index contributed by atoms with van der Waals surface area (Å²) in [5.41, 5.74) is 6.80. The molecule has 1 rings (SSSR count). The first-order valence-corrected chi connectivity index (χ1v) is 7.53. The Kier molecular flexibility index (Phi) is 7.15. The van der Waals surface area contributed by atoms with E-state index < -0.39 is 0 Å². The molecule has 0 fully saturated rings. The highest BCUT2D eigenvalue weighted by atomic mass is 19.1. The van der Waals surface area contributed by atoms with Crippen LogP contribution < -0.4 is 5.73 Å². The largest absolute Gasteiger partial charge is 0.409 e. The van der Waals surface area contributed by atoms with Crippen LogP contribution in [0.5, 0.6) is 0 Å². The van der Waals surface area contributed by atoms with E-state index in [0.717, 1.165) is 31.4 Å². The van der Waals surface area contributed by atoms with Crippen LogP contribution in [0.1, 0.15) is 51.2 Å². The molecule has 21 heavy (non-hydrogen) atoms. The fourth-order valence-corrected chi connectivity index (χ4v) is 2.26. The van der Waals surface area contributed by atoms with Crippen LogP contribution in [-0.2, 0) is 6.54 Å². The summed E-state index contributed by atoms with van der Waals surface area (Å²) in [7, 11) is 0. The number of rotatable bonds is 8. The standard InChI is InChI=1S/C16H26FN3O/c1-4-6-7-20(12(3)5-2)11-13-8-14(16(18)19-21)10-15(17)9-13/h8-10,12,21H,4-7,11H2,1-3H3,(H2,18,19). The number of hydrogen-bond donors (Lipinski definition) is 2. The summed E-state index contributed by atoms with van der Waals surface area (Å²) in [6.07, 6.45) is 3.30. The lowest BCUT2D eigenvalue weighted by molar-refractivity contribution is 0.192. The summed E-state index contributed by atoms with van der Waals surface area (Å²) < 4.78 is 13.7. The Morgan fingerprint density at radius 3 is 2.67 bits per heavy atom. The van der Waals surface area contributed by atoms with E-state index in [4.69, 9.17) is 10.9 Å². The number of amidine groups is 1. The normalized spacial score (nSPS) is 13.7. The quantitative estimate of drug-likeness (QED) is 0.335. The van der Waals surface area contributed by atoms with Gasteiger partial charge < -0.3 is 10.9 Å². The first-order chi connectivity index (χ1) is 10.0. The van der Waals surface area contributed by atoms with E-state index in [1.54, 1.807) is 6.07 Å². The molecule has 0 aliphatic rings. The van der Waals surface area contributed by atoms with Crippen molar-refractivity contribution in [2.75, 3.05) is 6.54 Å². The summed E-state index contributed by atoms with van der Waals surface area (Å²) in [6, 6.07) is 5.00. The molecule has 0 saturated carbocycles. The maximum absolute atomic E-state index is 13.7. The molecule has 0 heterocycles. The molecule has 3 N–H and O–H groups in total. The van der Waals surface area contributed by atoms with Gasteiger partial charge in [0.15, 0.2) is 5.84 Å². The van der Waals surface area contributed by atoms with Crippen molar-refractivity contribution in [3.8, 4) is 0 Å².